The predicted molar refractivity (Wildman–Crippen MR) is 93.1 cm³/mol. The quantitative estimate of drug-likeness (QED) is 0.672. The van der Waals surface area contributed by atoms with Crippen molar-refractivity contribution >= 4 is 23.3 Å². The van der Waals surface area contributed by atoms with Crippen molar-refractivity contribution < 1.29 is 14.7 Å². The minimum atomic E-state index is -0.797. The fraction of sp³-hybridized carbons (Fsp3) is 0.647. The van der Waals surface area contributed by atoms with Crippen molar-refractivity contribution in [1.82, 2.24) is 15.5 Å². The average Bonchev–Trinajstić information content (AvgIpc) is 3.20. The van der Waals surface area contributed by atoms with Gasteiger partial charge < -0.3 is 15.7 Å². The Bertz CT molecular complexity index is 568. The summed E-state index contributed by atoms with van der Waals surface area (Å²) in [4.78, 5) is 26.3. The van der Waals surface area contributed by atoms with Crippen molar-refractivity contribution in [3.63, 3.8) is 0 Å². The minimum absolute atomic E-state index is 0.0716. The van der Waals surface area contributed by atoms with Crippen LogP contribution in [0.5, 0.6) is 0 Å². The number of aliphatic carboxylic acids is 1. The highest BCUT2D eigenvalue weighted by Crippen LogP contribution is 2.42. The molecule has 2 fully saturated rings. The number of nitrogens with zero attached hydrogens (tertiary/aromatic N) is 1. The van der Waals surface area contributed by atoms with Crippen LogP contribution in [0.15, 0.2) is 17.5 Å². The Hall–Kier alpha value is -1.60. The van der Waals surface area contributed by atoms with Crippen molar-refractivity contribution in [1.29, 1.82) is 0 Å². The van der Waals surface area contributed by atoms with E-state index in [1.165, 1.54) is 17.7 Å². The summed E-state index contributed by atoms with van der Waals surface area (Å²) in [7, 11) is 0. The molecular weight excluding hydrogens is 326 g/mol. The Morgan fingerprint density at radius 2 is 2.17 bits per heavy atom. The maximum atomic E-state index is 12.3. The van der Waals surface area contributed by atoms with E-state index in [2.05, 4.69) is 16.7 Å². The number of carboxylic acid groups (broad SMARTS) is 1. The molecule has 0 radical (unpaired) electrons. The highest BCUT2D eigenvalue weighted by molar-refractivity contribution is 7.10. The molecule has 3 N–H and O–H groups in total. The number of hydrogen-bond donors (Lipinski definition) is 3. The van der Waals surface area contributed by atoms with Crippen molar-refractivity contribution in [3.05, 3.63) is 22.4 Å². The summed E-state index contributed by atoms with van der Waals surface area (Å²) in [6.07, 6.45) is 3.99. The first kappa shape index (κ1) is 17.2. The molecule has 0 saturated heterocycles. The lowest BCUT2D eigenvalue weighted by Gasteiger charge is -2.42. The SMILES string of the molecule is CCN(CC(=O)O)C1CC(NC(=O)NC(c2cccs2)C2CC2)C1. The van der Waals surface area contributed by atoms with E-state index in [0.717, 1.165) is 19.4 Å². The Labute approximate surface area is 146 Å². The van der Waals surface area contributed by atoms with Crippen LogP contribution in [0.2, 0.25) is 0 Å². The van der Waals surface area contributed by atoms with Crippen molar-refractivity contribution in [2.75, 3.05) is 13.1 Å². The normalized spacial score (nSPS) is 24.2. The average molecular weight is 351 g/mol. The van der Waals surface area contributed by atoms with Gasteiger partial charge in [0.05, 0.1) is 12.6 Å². The maximum absolute atomic E-state index is 12.3. The summed E-state index contributed by atoms with van der Waals surface area (Å²) >= 11 is 1.69. The molecule has 3 rings (SSSR count). The van der Waals surface area contributed by atoms with Gasteiger partial charge in [-0.3, -0.25) is 9.69 Å². The molecule has 1 aromatic rings. The highest BCUT2D eigenvalue weighted by Gasteiger charge is 2.37. The monoisotopic (exact) mass is 351 g/mol. The number of carboxylic acids is 1. The first-order valence-electron chi connectivity index (χ1n) is 8.63. The van der Waals surface area contributed by atoms with Gasteiger partial charge in [0.2, 0.25) is 0 Å². The molecule has 2 aliphatic carbocycles. The maximum Gasteiger partial charge on any atom is 0.317 e. The van der Waals surface area contributed by atoms with E-state index in [1.807, 2.05) is 23.3 Å². The molecule has 7 heteroatoms. The van der Waals surface area contributed by atoms with Gasteiger partial charge in [-0.05, 0) is 49.6 Å². The highest BCUT2D eigenvalue weighted by atomic mass is 32.1. The molecule has 6 nitrogen and oxygen atoms in total. The van der Waals surface area contributed by atoms with E-state index in [4.69, 9.17) is 5.11 Å². The topological polar surface area (TPSA) is 81.7 Å². The molecule has 0 spiro atoms. The molecule has 0 aromatic carbocycles. The van der Waals surface area contributed by atoms with Crippen molar-refractivity contribution in [2.45, 2.75) is 50.7 Å². The molecular formula is C17H25N3O3S. The van der Waals surface area contributed by atoms with Crippen LogP contribution in [0.4, 0.5) is 4.79 Å². The first-order valence-corrected chi connectivity index (χ1v) is 9.51. The minimum Gasteiger partial charge on any atom is -0.480 e. The second kappa shape index (κ2) is 7.53. The van der Waals surface area contributed by atoms with Crippen LogP contribution in [0.1, 0.15) is 43.5 Å². The largest absolute Gasteiger partial charge is 0.480 e. The van der Waals surface area contributed by atoms with Crippen LogP contribution in [0, 0.1) is 5.92 Å². The van der Waals surface area contributed by atoms with E-state index >= 15 is 0 Å². The van der Waals surface area contributed by atoms with E-state index in [1.54, 1.807) is 11.3 Å². The van der Waals surface area contributed by atoms with Crippen LogP contribution < -0.4 is 10.6 Å². The second-order valence-electron chi connectivity index (χ2n) is 6.73. The Balaban J connectivity index is 1.44. The van der Waals surface area contributed by atoms with E-state index < -0.39 is 5.97 Å². The van der Waals surface area contributed by atoms with Gasteiger partial charge in [0, 0.05) is 17.0 Å². The third-order valence-corrected chi connectivity index (χ3v) is 5.89. The standard InChI is InChI=1S/C17H25N3O3S/c1-2-20(10-15(21)22)13-8-12(9-13)18-17(23)19-16(11-5-6-11)14-4-3-7-24-14/h3-4,7,11-13,16H,2,5-6,8-10H2,1H3,(H,21,22)(H2,18,19,23). The van der Waals surface area contributed by atoms with E-state index in [9.17, 15) is 9.59 Å². The fourth-order valence-corrected chi connectivity index (χ4v) is 4.23. The molecule has 0 bridgehead atoms. The molecule has 2 saturated carbocycles. The Morgan fingerprint density at radius 1 is 1.42 bits per heavy atom. The molecule has 1 atom stereocenters. The van der Waals surface area contributed by atoms with Gasteiger partial charge in [0.25, 0.3) is 0 Å². The molecule has 1 heterocycles. The summed E-state index contributed by atoms with van der Waals surface area (Å²) in [5.41, 5.74) is 0. The number of carbonyl (C=O) groups is 2. The number of thiophene rings is 1. The Morgan fingerprint density at radius 3 is 2.71 bits per heavy atom. The zero-order chi connectivity index (χ0) is 17.1. The third-order valence-electron chi connectivity index (χ3n) is 4.94. The van der Waals surface area contributed by atoms with Crippen LogP contribution in [-0.2, 0) is 4.79 Å². The van der Waals surface area contributed by atoms with Crippen molar-refractivity contribution in [3.8, 4) is 0 Å². The summed E-state index contributed by atoms with van der Waals surface area (Å²) < 4.78 is 0. The third kappa shape index (κ3) is 4.27. The lowest BCUT2D eigenvalue weighted by Crippen LogP contribution is -2.56. The number of likely N-dealkylation sites (N-methyl/N-ethyl adjacent to an activating group) is 1. The molecule has 132 valence electrons. The Kier molecular flexibility index (Phi) is 5.40. The van der Waals surface area contributed by atoms with Gasteiger partial charge in [-0.15, -0.1) is 11.3 Å². The number of urea groups is 1. The number of hydrogen-bond acceptors (Lipinski definition) is 4. The number of carbonyl (C=O) groups excluding carboxylic acids is 1. The molecule has 2 amide bonds. The zero-order valence-electron chi connectivity index (χ0n) is 13.9. The van der Waals surface area contributed by atoms with Gasteiger partial charge in [-0.25, -0.2) is 4.79 Å². The molecule has 1 unspecified atom stereocenters. The smallest absolute Gasteiger partial charge is 0.317 e. The number of rotatable bonds is 8. The van der Waals surface area contributed by atoms with Crippen molar-refractivity contribution in [2.24, 2.45) is 5.92 Å². The zero-order valence-corrected chi connectivity index (χ0v) is 14.7. The fourth-order valence-electron chi connectivity index (χ4n) is 3.36. The van der Waals surface area contributed by atoms with E-state index in [0.29, 0.717) is 5.92 Å². The lowest BCUT2D eigenvalue weighted by molar-refractivity contribution is -0.139. The lowest BCUT2D eigenvalue weighted by atomic mass is 9.85. The van der Waals surface area contributed by atoms with Crippen LogP contribution in [-0.4, -0.2) is 47.2 Å². The van der Waals surface area contributed by atoms with Gasteiger partial charge in [-0.2, -0.15) is 0 Å². The number of nitrogens with one attached hydrogen (secondary N) is 2. The first-order chi connectivity index (χ1) is 11.6. The summed E-state index contributed by atoms with van der Waals surface area (Å²) in [6, 6.07) is 4.52. The predicted octanol–water partition coefficient (Wildman–Crippen LogP) is 2.44. The second-order valence-corrected chi connectivity index (χ2v) is 7.71. The van der Waals surface area contributed by atoms with Gasteiger partial charge >= 0.3 is 12.0 Å². The van der Waals surface area contributed by atoms with E-state index in [-0.39, 0.29) is 30.7 Å². The summed E-state index contributed by atoms with van der Waals surface area (Å²) in [5, 5.41) is 17.1. The summed E-state index contributed by atoms with van der Waals surface area (Å²) in [5.74, 6) is -0.232. The molecule has 2 aliphatic rings. The number of amides is 2. The van der Waals surface area contributed by atoms with Gasteiger partial charge in [-0.1, -0.05) is 13.0 Å². The summed E-state index contributed by atoms with van der Waals surface area (Å²) in [6.45, 7) is 2.76. The van der Waals surface area contributed by atoms with Gasteiger partial charge in [0.1, 0.15) is 0 Å². The molecule has 0 aliphatic heterocycles. The van der Waals surface area contributed by atoms with Crippen LogP contribution in [0.25, 0.3) is 0 Å². The van der Waals surface area contributed by atoms with Gasteiger partial charge in [0.15, 0.2) is 0 Å². The van der Waals surface area contributed by atoms with Crippen LogP contribution >= 0.6 is 11.3 Å². The molecule has 24 heavy (non-hydrogen) atoms. The van der Waals surface area contributed by atoms with Crippen LogP contribution in [0.3, 0.4) is 0 Å². The molecule has 1 aromatic heterocycles.